The van der Waals surface area contributed by atoms with Gasteiger partial charge in [0.2, 0.25) is 10.1 Å². The molecule has 0 aromatic rings. The van der Waals surface area contributed by atoms with Crippen molar-refractivity contribution in [1.82, 2.24) is 0 Å². The molecule has 0 amide bonds. The third-order valence-corrected chi connectivity index (χ3v) is 1.05. The SMILES string of the molecule is O=S(O)O.O=S([O-])S(=O)O.[K+]. The van der Waals surface area contributed by atoms with Crippen LogP contribution in [0, 0.1) is 0 Å². The van der Waals surface area contributed by atoms with Crippen LogP contribution < -0.4 is 51.4 Å². The van der Waals surface area contributed by atoms with Crippen molar-refractivity contribution in [3.63, 3.8) is 0 Å². The van der Waals surface area contributed by atoms with Gasteiger partial charge in [-0.3, -0.25) is 17.9 Å². The minimum Gasteiger partial charge on any atom is -0.760 e. The van der Waals surface area contributed by atoms with E-state index in [-0.39, 0.29) is 51.4 Å². The Balaban J connectivity index is -0.000000114. The Bertz CT molecular complexity index is 136. The maximum Gasteiger partial charge on any atom is 1.00 e. The van der Waals surface area contributed by atoms with Crippen molar-refractivity contribution in [1.29, 1.82) is 0 Å². The summed E-state index contributed by atoms with van der Waals surface area (Å²) in [7, 11) is -5.54. The molecule has 0 heterocycles. The van der Waals surface area contributed by atoms with E-state index in [0.29, 0.717) is 0 Å². The van der Waals surface area contributed by atoms with Gasteiger partial charge in [0.15, 0.2) is 0 Å². The molecule has 0 rings (SSSR count). The molecule has 0 aliphatic heterocycles. The molecule has 11 heavy (non-hydrogen) atoms. The fourth-order valence-corrected chi connectivity index (χ4v) is 0. The van der Waals surface area contributed by atoms with E-state index in [9.17, 15) is 4.21 Å². The second kappa shape index (κ2) is 11.9. The standard InChI is InChI=1S/K.H2O4S2.H2O3S/c;1-5(2)6(3)4;1-4(2)3/h;(H,1,2)(H,3,4);(H2,1,2,3)/q+1;;/p-1. The summed E-state index contributed by atoms with van der Waals surface area (Å²) in [6.45, 7) is 0. The van der Waals surface area contributed by atoms with E-state index in [2.05, 4.69) is 0 Å². The van der Waals surface area contributed by atoms with E-state index in [4.69, 9.17) is 26.6 Å². The zero-order valence-corrected chi connectivity index (χ0v) is 10.8. The second-order valence-electron chi connectivity index (χ2n) is 0.652. The molecular formula is H3KO7S3. The van der Waals surface area contributed by atoms with Crippen molar-refractivity contribution in [2.45, 2.75) is 0 Å². The van der Waals surface area contributed by atoms with E-state index in [1.54, 1.807) is 0 Å². The molecule has 0 saturated heterocycles. The molecule has 0 aromatic carbocycles. The minimum absolute atomic E-state index is 0. The zero-order chi connectivity index (χ0) is 8.73. The fraction of sp³-hybridized carbons (Fsp3) is 0. The van der Waals surface area contributed by atoms with Gasteiger partial charge >= 0.3 is 51.4 Å². The van der Waals surface area contributed by atoms with E-state index in [1.165, 1.54) is 0 Å². The second-order valence-corrected chi connectivity index (χ2v) is 3.63. The molecule has 2 unspecified atom stereocenters. The van der Waals surface area contributed by atoms with Crippen molar-refractivity contribution in [2.75, 3.05) is 0 Å². The predicted octanol–water partition coefficient (Wildman–Crippen LogP) is -4.31. The molecule has 0 aromatic heterocycles. The van der Waals surface area contributed by atoms with Gasteiger partial charge in [-0.05, 0) is 0 Å². The summed E-state index contributed by atoms with van der Waals surface area (Å²) in [6, 6.07) is 0. The largest absolute Gasteiger partial charge is 1.00 e. The molecule has 0 radical (unpaired) electrons. The van der Waals surface area contributed by atoms with Gasteiger partial charge in [0.05, 0.1) is 10.1 Å². The van der Waals surface area contributed by atoms with Gasteiger partial charge in [-0.1, -0.05) is 0 Å². The van der Waals surface area contributed by atoms with Crippen LogP contribution in [0.5, 0.6) is 0 Å². The van der Waals surface area contributed by atoms with Gasteiger partial charge in [0.25, 0.3) is 11.4 Å². The molecule has 0 aliphatic carbocycles. The van der Waals surface area contributed by atoms with Crippen LogP contribution in [0.15, 0.2) is 0 Å². The Morgan fingerprint density at radius 3 is 1.09 bits per heavy atom. The molecule has 0 spiro atoms. The van der Waals surface area contributed by atoms with Crippen molar-refractivity contribution >= 4 is 31.6 Å². The third-order valence-electron chi connectivity index (χ3n) is 0.116. The average Bonchev–Trinajstić information content (AvgIpc) is 1.63. The molecule has 0 saturated carbocycles. The van der Waals surface area contributed by atoms with Crippen molar-refractivity contribution < 1.29 is 82.2 Å². The van der Waals surface area contributed by atoms with Crippen LogP contribution in [-0.2, 0) is 31.6 Å². The van der Waals surface area contributed by atoms with Crippen molar-refractivity contribution in [3.05, 3.63) is 0 Å². The first-order valence-corrected chi connectivity index (χ1v) is 5.14. The summed E-state index contributed by atoms with van der Waals surface area (Å²) in [5.74, 6) is 0. The first kappa shape index (κ1) is 18.7. The van der Waals surface area contributed by atoms with Crippen molar-refractivity contribution in [2.24, 2.45) is 0 Å². The topological polar surface area (TPSA) is 135 Å². The Hall–Kier alpha value is 1.93. The van der Waals surface area contributed by atoms with Crippen LogP contribution in [-0.4, -0.2) is 30.8 Å². The molecule has 64 valence electrons. The Kier molecular flexibility index (Phi) is 20.2. The van der Waals surface area contributed by atoms with Crippen molar-refractivity contribution in [3.8, 4) is 0 Å². The molecule has 0 fully saturated rings. The Morgan fingerprint density at radius 2 is 1.09 bits per heavy atom. The monoisotopic (exact) mass is 250 g/mol. The molecule has 0 aliphatic rings. The third kappa shape index (κ3) is 33.5. The van der Waals surface area contributed by atoms with Crippen LogP contribution >= 0.6 is 0 Å². The summed E-state index contributed by atoms with van der Waals surface area (Å²) in [6.07, 6.45) is 0. The molecule has 2 atom stereocenters. The van der Waals surface area contributed by atoms with Crippen LogP contribution in [0.4, 0.5) is 0 Å². The quantitative estimate of drug-likeness (QED) is 0.243. The summed E-state index contributed by atoms with van der Waals surface area (Å²) < 4.78 is 57.8. The average molecular weight is 250 g/mol. The molecule has 7 nitrogen and oxygen atoms in total. The van der Waals surface area contributed by atoms with Gasteiger partial charge in [0.1, 0.15) is 0 Å². The number of hydrogen-bond acceptors (Lipinski definition) is 4. The van der Waals surface area contributed by atoms with Gasteiger partial charge < -0.3 is 4.55 Å². The van der Waals surface area contributed by atoms with Gasteiger partial charge in [-0.15, -0.1) is 0 Å². The Labute approximate surface area is 112 Å². The van der Waals surface area contributed by atoms with Gasteiger partial charge in [-0.25, -0.2) is 4.21 Å². The summed E-state index contributed by atoms with van der Waals surface area (Å²) in [4.78, 5) is 0. The predicted molar refractivity (Wildman–Crippen MR) is 33.1 cm³/mol. The molecule has 0 bridgehead atoms. The van der Waals surface area contributed by atoms with Gasteiger partial charge in [0, 0.05) is 0 Å². The van der Waals surface area contributed by atoms with E-state index >= 15 is 0 Å². The zero-order valence-electron chi connectivity index (χ0n) is 5.20. The molecule has 11 heteroatoms. The Morgan fingerprint density at radius 1 is 1.00 bits per heavy atom. The smallest absolute Gasteiger partial charge is 0.760 e. The van der Waals surface area contributed by atoms with E-state index in [0.717, 1.165) is 0 Å². The molecule has 3 N–H and O–H groups in total. The first-order chi connectivity index (χ1) is 4.37. The maximum atomic E-state index is 9.20. The van der Waals surface area contributed by atoms with Crippen LogP contribution in [0.2, 0.25) is 0 Å². The number of rotatable bonds is 1. The summed E-state index contributed by atoms with van der Waals surface area (Å²) in [5.41, 5.74) is 0. The summed E-state index contributed by atoms with van der Waals surface area (Å²) >= 11 is -2.61. The van der Waals surface area contributed by atoms with Gasteiger partial charge in [-0.2, -0.15) is 4.21 Å². The number of hydrogen-bond donors (Lipinski definition) is 3. The molecular weight excluding hydrogens is 247 g/mol. The van der Waals surface area contributed by atoms with Crippen LogP contribution in [0.25, 0.3) is 0 Å². The summed E-state index contributed by atoms with van der Waals surface area (Å²) in [5, 5.41) is 0. The van der Waals surface area contributed by atoms with Crippen LogP contribution in [0.1, 0.15) is 0 Å². The minimum atomic E-state index is -2.84. The van der Waals surface area contributed by atoms with E-state index < -0.39 is 31.6 Å². The fourth-order valence-electron chi connectivity index (χ4n) is 0. The first-order valence-electron chi connectivity index (χ1n) is 1.38. The van der Waals surface area contributed by atoms with E-state index in [1.807, 2.05) is 0 Å². The van der Waals surface area contributed by atoms with Crippen LogP contribution in [0.3, 0.4) is 0 Å². The maximum absolute atomic E-state index is 9.20. The normalized spacial score (nSPS) is 13.9.